The highest BCUT2D eigenvalue weighted by molar-refractivity contribution is 6.30. The van der Waals surface area contributed by atoms with Crippen LogP contribution in [0.25, 0.3) is 0 Å². The summed E-state index contributed by atoms with van der Waals surface area (Å²) in [5, 5.41) is 0.735. The summed E-state index contributed by atoms with van der Waals surface area (Å²) in [6.07, 6.45) is 0. The van der Waals surface area contributed by atoms with Crippen molar-refractivity contribution in [3.63, 3.8) is 0 Å². The van der Waals surface area contributed by atoms with Crippen molar-refractivity contribution in [3.05, 3.63) is 64.7 Å². The number of nitrogen functional groups attached to an aromatic ring is 1. The molecule has 0 aliphatic heterocycles. The first-order valence-corrected chi connectivity index (χ1v) is 5.78. The van der Waals surface area contributed by atoms with E-state index in [2.05, 4.69) is 0 Å². The van der Waals surface area contributed by atoms with E-state index in [0.29, 0.717) is 13.2 Å². The Balaban J connectivity index is 1.85. The Morgan fingerprint density at radius 3 is 2.35 bits per heavy atom. The van der Waals surface area contributed by atoms with Gasteiger partial charge in [-0.1, -0.05) is 35.9 Å². The van der Waals surface area contributed by atoms with Crippen LogP contribution < -0.4 is 5.73 Å². The van der Waals surface area contributed by atoms with Gasteiger partial charge in [0.05, 0.1) is 13.2 Å². The molecule has 2 aromatic rings. The molecule has 0 radical (unpaired) electrons. The van der Waals surface area contributed by atoms with Crippen molar-refractivity contribution in [2.45, 2.75) is 13.2 Å². The first-order valence-electron chi connectivity index (χ1n) is 5.40. The Labute approximate surface area is 106 Å². The zero-order valence-corrected chi connectivity index (χ0v) is 10.2. The van der Waals surface area contributed by atoms with Gasteiger partial charge in [0.15, 0.2) is 0 Å². The molecule has 0 unspecified atom stereocenters. The lowest BCUT2D eigenvalue weighted by molar-refractivity contribution is 0.107. The molecule has 0 aliphatic carbocycles. The molecular formula is C14H14ClNO. The smallest absolute Gasteiger partial charge is 0.0721 e. The Morgan fingerprint density at radius 1 is 0.941 bits per heavy atom. The zero-order chi connectivity index (χ0) is 12.1. The van der Waals surface area contributed by atoms with Crippen LogP contribution in [0.4, 0.5) is 5.69 Å². The number of anilines is 1. The summed E-state index contributed by atoms with van der Waals surface area (Å²) >= 11 is 5.89. The van der Waals surface area contributed by atoms with Crippen LogP contribution in [-0.4, -0.2) is 0 Å². The van der Waals surface area contributed by atoms with Gasteiger partial charge in [0.2, 0.25) is 0 Å². The lowest BCUT2D eigenvalue weighted by atomic mass is 10.2. The molecule has 0 spiro atoms. The number of ether oxygens (including phenoxy) is 1. The monoisotopic (exact) mass is 247 g/mol. The second kappa shape index (κ2) is 5.71. The molecule has 17 heavy (non-hydrogen) atoms. The molecular weight excluding hydrogens is 234 g/mol. The van der Waals surface area contributed by atoms with E-state index >= 15 is 0 Å². The molecule has 2 N–H and O–H groups in total. The Morgan fingerprint density at radius 2 is 1.65 bits per heavy atom. The molecule has 2 nitrogen and oxygen atoms in total. The van der Waals surface area contributed by atoms with E-state index in [4.69, 9.17) is 22.1 Å². The van der Waals surface area contributed by atoms with E-state index in [9.17, 15) is 0 Å². The molecule has 0 amide bonds. The number of nitrogens with two attached hydrogens (primary N) is 1. The van der Waals surface area contributed by atoms with E-state index in [1.807, 2.05) is 48.5 Å². The zero-order valence-electron chi connectivity index (χ0n) is 9.40. The minimum atomic E-state index is 0.560. The molecule has 0 saturated heterocycles. The van der Waals surface area contributed by atoms with Crippen molar-refractivity contribution in [3.8, 4) is 0 Å². The summed E-state index contributed by atoms with van der Waals surface area (Å²) in [6.45, 7) is 1.14. The molecule has 0 heterocycles. The lowest BCUT2D eigenvalue weighted by Gasteiger charge is -2.05. The highest BCUT2D eigenvalue weighted by Gasteiger charge is 1.96. The van der Waals surface area contributed by atoms with E-state index in [-0.39, 0.29) is 0 Å². The third kappa shape index (κ3) is 3.77. The molecule has 2 rings (SSSR count). The normalized spacial score (nSPS) is 10.4. The summed E-state index contributed by atoms with van der Waals surface area (Å²) in [5.41, 5.74) is 8.56. The second-order valence-electron chi connectivity index (χ2n) is 3.86. The van der Waals surface area contributed by atoms with Crippen molar-refractivity contribution in [2.24, 2.45) is 0 Å². The quantitative estimate of drug-likeness (QED) is 0.838. The van der Waals surface area contributed by atoms with Crippen LogP contribution in [0.5, 0.6) is 0 Å². The van der Waals surface area contributed by atoms with Gasteiger partial charge in [0.25, 0.3) is 0 Å². The minimum absolute atomic E-state index is 0.560. The van der Waals surface area contributed by atoms with Gasteiger partial charge in [-0.15, -0.1) is 0 Å². The van der Waals surface area contributed by atoms with Crippen LogP contribution in [0.3, 0.4) is 0 Å². The van der Waals surface area contributed by atoms with Crippen LogP contribution in [0.1, 0.15) is 11.1 Å². The SMILES string of the molecule is Nc1ccc(COCc2cccc(Cl)c2)cc1. The summed E-state index contributed by atoms with van der Waals surface area (Å²) in [4.78, 5) is 0. The van der Waals surface area contributed by atoms with Crippen molar-refractivity contribution in [1.29, 1.82) is 0 Å². The number of hydrogen-bond acceptors (Lipinski definition) is 2. The van der Waals surface area contributed by atoms with Crippen molar-refractivity contribution >= 4 is 17.3 Å². The van der Waals surface area contributed by atoms with Gasteiger partial charge >= 0.3 is 0 Å². The molecule has 0 fully saturated rings. The number of benzene rings is 2. The van der Waals surface area contributed by atoms with Gasteiger partial charge in [0, 0.05) is 10.7 Å². The van der Waals surface area contributed by atoms with E-state index in [1.165, 1.54) is 0 Å². The van der Waals surface area contributed by atoms with Crippen LogP contribution in [0.2, 0.25) is 5.02 Å². The molecule has 0 saturated carbocycles. The van der Waals surface area contributed by atoms with E-state index in [0.717, 1.165) is 21.8 Å². The fourth-order valence-corrected chi connectivity index (χ4v) is 1.74. The Bertz CT molecular complexity index is 482. The molecule has 3 heteroatoms. The van der Waals surface area contributed by atoms with Crippen LogP contribution >= 0.6 is 11.6 Å². The largest absolute Gasteiger partial charge is 0.399 e. The second-order valence-corrected chi connectivity index (χ2v) is 4.30. The molecule has 0 aromatic heterocycles. The molecule has 88 valence electrons. The fraction of sp³-hybridized carbons (Fsp3) is 0.143. The van der Waals surface area contributed by atoms with Gasteiger partial charge < -0.3 is 10.5 Å². The highest BCUT2D eigenvalue weighted by atomic mass is 35.5. The first-order chi connectivity index (χ1) is 8.24. The van der Waals surface area contributed by atoms with Crippen LogP contribution in [0, 0.1) is 0 Å². The van der Waals surface area contributed by atoms with E-state index < -0.39 is 0 Å². The van der Waals surface area contributed by atoms with E-state index in [1.54, 1.807) is 0 Å². The topological polar surface area (TPSA) is 35.2 Å². The maximum absolute atomic E-state index is 5.89. The standard InChI is InChI=1S/C14H14ClNO/c15-13-3-1-2-12(8-13)10-17-9-11-4-6-14(16)7-5-11/h1-8H,9-10,16H2. The van der Waals surface area contributed by atoms with Gasteiger partial charge in [-0.3, -0.25) is 0 Å². The highest BCUT2D eigenvalue weighted by Crippen LogP contribution is 2.13. The molecule has 0 atom stereocenters. The average Bonchev–Trinajstić information content (AvgIpc) is 2.32. The van der Waals surface area contributed by atoms with Gasteiger partial charge in [-0.05, 0) is 35.4 Å². The van der Waals surface area contributed by atoms with Crippen molar-refractivity contribution < 1.29 is 4.74 Å². The van der Waals surface area contributed by atoms with Gasteiger partial charge in [-0.2, -0.15) is 0 Å². The maximum Gasteiger partial charge on any atom is 0.0721 e. The predicted octanol–water partition coefficient (Wildman–Crippen LogP) is 3.64. The summed E-state index contributed by atoms with van der Waals surface area (Å²) < 4.78 is 5.60. The average molecular weight is 248 g/mol. The van der Waals surface area contributed by atoms with Crippen LogP contribution in [0.15, 0.2) is 48.5 Å². The lowest BCUT2D eigenvalue weighted by Crippen LogP contribution is -1.94. The molecule has 0 aliphatic rings. The first kappa shape index (κ1) is 12.0. The van der Waals surface area contributed by atoms with Crippen molar-refractivity contribution in [2.75, 3.05) is 5.73 Å². The fourth-order valence-electron chi connectivity index (χ4n) is 1.53. The summed E-state index contributed by atoms with van der Waals surface area (Å²) in [5.74, 6) is 0. The van der Waals surface area contributed by atoms with Crippen LogP contribution in [-0.2, 0) is 18.0 Å². The minimum Gasteiger partial charge on any atom is -0.399 e. The number of rotatable bonds is 4. The number of hydrogen-bond donors (Lipinski definition) is 1. The summed E-state index contributed by atoms with van der Waals surface area (Å²) in [7, 11) is 0. The third-order valence-electron chi connectivity index (χ3n) is 2.41. The number of halogens is 1. The van der Waals surface area contributed by atoms with Crippen molar-refractivity contribution in [1.82, 2.24) is 0 Å². The molecule has 2 aromatic carbocycles. The maximum atomic E-state index is 5.89. The summed E-state index contributed by atoms with van der Waals surface area (Å²) in [6, 6.07) is 15.4. The van der Waals surface area contributed by atoms with Gasteiger partial charge in [-0.25, -0.2) is 0 Å². The van der Waals surface area contributed by atoms with Gasteiger partial charge in [0.1, 0.15) is 0 Å². The third-order valence-corrected chi connectivity index (χ3v) is 2.64. The Kier molecular flexibility index (Phi) is 4.02. The predicted molar refractivity (Wildman–Crippen MR) is 70.8 cm³/mol. The Hall–Kier alpha value is -1.51. The molecule has 0 bridgehead atoms.